The van der Waals surface area contributed by atoms with Crippen molar-refractivity contribution in [2.45, 2.75) is 57.3 Å². The minimum absolute atomic E-state index is 0.104. The number of carboxylic acid groups (broad SMARTS) is 1. The number of aromatic carboxylic acids is 1. The number of nitrogens with one attached hydrogen (secondary N) is 1. The predicted octanol–water partition coefficient (Wildman–Crippen LogP) is 2.78. The molecular formula is C23H27F2N3O6. The molecule has 1 saturated carbocycles. The third-order valence-electron chi connectivity index (χ3n) is 5.96. The molecule has 1 aromatic heterocycles. The highest BCUT2D eigenvalue weighted by molar-refractivity contribution is 5.94. The van der Waals surface area contributed by atoms with Crippen LogP contribution in [0.1, 0.15) is 56.4 Å². The average molecular weight is 479 g/mol. The van der Waals surface area contributed by atoms with Crippen LogP contribution >= 0.6 is 0 Å². The Bertz CT molecular complexity index is 1230. The number of fused-ring (bicyclic) bond motifs is 1. The van der Waals surface area contributed by atoms with E-state index in [1.54, 1.807) is 20.8 Å². The first kappa shape index (κ1) is 23.9. The highest BCUT2D eigenvalue weighted by Gasteiger charge is 2.40. The monoisotopic (exact) mass is 479 g/mol. The molecule has 0 bridgehead atoms. The maximum atomic E-state index is 15.7. The molecule has 1 aliphatic carbocycles. The molecule has 2 fully saturated rings. The number of aromatic nitrogens is 1. The lowest BCUT2D eigenvalue weighted by atomic mass is 10.0. The van der Waals surface area contributed by atoms with E-state index in [1.807, 2.05) is 0 Å². The van der Waals surface area contributed by atoms with Crippen LogP contribution in [0.15, 0.2) is 17.1 Å². The SMILES string of the molecule is CC(C)(C)OC(=O)NCC1(O)CCN(c2c(F)cc3c(=O)c(C(=O)O)cn(C4CC4)c3c2F)C1. The van der Waals surface area contributed by atoms with Gasteiger partial charge in [0.15, 0.2) is 5.82 Å². The van der Waals surface area contributed by atoms with E-state index in [0.29, 0.717) is 12.8 Å². The first-order valence-corrected chi connectivity index (χ1v) is 11.0. The number of amides is 1. The maximum Gasteiger partial charge on any atom is 0.407 e. The molecule has 1 saturated heterocycles. The van der Waals surface area contributed by atoms with E-state index in [-0.39, 0.29) is 43.0 Å². The number of benzene rings is 1. The topological polar surface area (TPSA) is 121 Å². The van der Waals surface area contributed by atoms with Crippen molar-refractivity contribution in [1.82, 2.24) is 9.88 Å². The molecule has 0 radical (unpaired) electrons. The third kappa shape index (κ3) is 4.56. The van der Waals surface area contributed by atoms with E-state index in [2.05, 4.69) is 5.32 Å². The number of ether oxygens (including phenoxy) is 1. The summed E-state index contributed by atoms with van der Waals surface area (Å²) in [5.41, 5.74) is -4.23. The second-order valence-electron chi connectivity index (χ2n) is 9.98. The average Bonchev–Trinajstić information content (AvgIpc) is 3.48. The minimum atomic E-state index is -1.46. The molecule has 2 heterocycles. The van der Waals surface area contributed by atoms with Crippen LogP contribution < -0.4 is 15.6 Å². The van der Waals surface area contributed by atoms with Crippen LogP contribution in [0.4, 0.5) is 19.3 Å². The van der Waals surface area contributed by atoms with Crippen molar-refractivity contribution in [1.29, 1.82) is 0 Å². The van der Waals surface area contributed by atoms with Crippen LogP contribution in [0, 0.1) is 11.6 Å². The van der Waals surface area contributed by atoms with E-state index in [4.69, 9.17) is 4.74 Å². The largest absolute Gasteiger partial charge is 0.477 e. The van der Waals surface area contributed by atoms with Crippen molar-refractivity contribution in [3.8, 4) is 0 Å². The number of carbonyl (C=O) groups is 2. The number of alkyl carbamates (subject to hydrolysis) is 1. The number of carbonyl (C=O) groups excluding carboxylic acids is 1. The summed E-state index contributed by atoms with van der Waals surface area (Å²) >= 11 is 0. The number of β-amino-alcohol motifs (C(OH)–C–C–N with tert-alkyl or cyclic N) is 1. The lowest BCUT2D eigenvalue weighted by molar-refractivity contribution is 0.0344. The second-order valence-corrected chi connectivity index (χ2v) is 9.98. The van der Waals surface area contributed by atoms with Gasteiger partial charge in [-0.15, -0.1) is 0 Å². The first-order valence-electron chi connectivity index (χ1n) is 11.0. The zero-order valence-electron chi connectivity index (χ0n) is 19.2. The van der Waals surface area contributed by atoms with E-state index in [1.165, 1.54) is 9.47 Å². The summed E-state index contributed by atoms with van der Waals surface area (Å²) in [4.78, 5) is 37.4. The van der Waals surface area contributed by atoms with Crippen LogP contribution in [-0.2, 0) is 4.74 Å². The quantitative estimate of drug-likeness (QED) is 0.603. The third-order valence-corrected chi connectivity index (χ3v) is 5.96. The number of aliphatic hydroxyl groups is 1. The van der Waals surface area contributed by atoms with Crippen LogP contribution in [0.2, 0.25) is 0 Å². The molecule has 1 aliphatic heterocycles. The molecule has 1 aromatic carbocycles. The predicted molar refractivity (Wildman–Crippen MR) is 119 cm³/mol. The maximum absolute atomic E-state index is 15.7. The lowest BCUT2D eigenvalue weighted by Gasteiger charge is -2.27. The number of nitrogens with zero attached hydrogens (tertiary/aromatic N) is 2. The Hall–Kier alpha value is -3.21. The van der Waals surface area contributed by atoms with Gasteiger partial charge in [-0.3, -0.25) is 4.79 Å². The number of rotatable bonds is 5. The number of pyridine rings is 1. The molecule has 184 valence electrons. The Balaban J connectivity index is 1.66. The molecule has 1 unspecified atom stereocenters. The van der Waals surface area contributed by atoms with E-state index < -0.39 is 51.6 Å². The molecule has 1 amide bonds. The minimum Gasteiger partial charge on any atom is -0.477 e. The Labute approximate surface area is 193 Å². The van der Waals surface area contributed by atoms with Crippen molar-refractivity contribution in [2.24, 2.45) is 0 Å². The van der Waals surface area contributed by atoms with Gasteiger partial charge < -0.3 is 29.7 Å². The molecular weight excluding hydrogens is 452 g/mol. The smallest absolute Gasteiger partial charge is 0.407 e. The van der Waals surface area contributed by atoms with E-state index >= 15 is 8.78 Å². The van der Waals surface area contributed by atoms with Crippen molar-refractivity contribution < 1.29 is 33.3 Å². The van der Waals surface area contributed by atoms with Crippen molar-refractivity contribution in [2.75, 3.05) is 24.5 Å². The second kappa shape index (κ2) is 8.23. The van der Waals surface area contributed by atoms with Gasteiger partial charge in [-0.1, -0.05) is 0 Å². The van der Waals surface area contributed by atoms with Gasteiger partial charge in [-0.25, -0.2) is 18.4 Å². The van der Waals surface area contributed by atoms with Crippen LogP contribution in [0.25, 0.3) is 10.9 Å². The van der Waals surface area contributed by atoms with Crippen molar-refractivity contribution >= 4 is 28.7 Å². The summed E-state index contributed by atoms with van der Waals surface area (Å²) < 4.78 is 37.4. The molecule has 0 spiro atoms. The van der Waals surface area contributed by atoms with Crippen LogP contribution in [0.3, 0.4) is 0 Å². The van der Waals surface area contributed by atoms with Gasteiger partial charge >= 0.3 is 12.1 Å². The molecule has 11 heteroatoms. The number of hydrogen-bond donors (Lipinski definition) is 3. The number of anilines is 1. The Kier molecular flexibility index (Phi) is 5.79. The summed E-state index contributed by atoms with van der Waals surface area (Å²) in [6, 6.07) is 0.681. The molecule has 3 N–H and O–H groups in total. The number of hydrogen-bond acceptors (Lipinski definition) is 6. The van der Waals surface area contributed by atoms with Crippen LogP contribution in [-0.4, -0.2) is 57.7 Å². The summed E-state index contributed by atoms with van der Waals surface area (Å²) in [5.74, 6) is -3.48. The van der Waals surface area contributed by atoms with Gasteiger partial charge in [0, 0.05) is 25.3 Å². The normalized spacial score (nSPS) is 20.6. The zero-order chi connectivity index (χ0) is 25.0. The fourth-order valence-corrected chi connectivity index (χ4v) is 4.26. The van der Waals surface area contributed by atoms with Gasteiger partial charge in [0.25, 0.3) is 0 Å². The van der Waals surface area contributed by atoms with Gasteiger partial charge in [-0.2, -0.15) is 0 Å². The molecule has 34 heavy (non-hydrogen) atoms. The number of halogens is 2. The van der Waals surface area contributed by atoms with Gasteiger partial charge in [0.2, 0.25) is 5.43 Å². The summed E-state index contributed by atoms with van der Waals surface area (Å²) in [5, 5.41) is 22.4. The zero-order valence-corrected chi connectivity index (χ0v) is 19.2. The van der Waals surface area contributed by atoms with Gasteiger partial charge in [0.05, 0.1) is 17.4 Å². The summed E-state index contributed by atoms with van der Waals surface area (Å²) in [6.45, 7) is 4.86. The molecule has 4 rings (SSSR count). The fourth-order valence-electron chi connectivity index (χ4n) is 4.26. The van der Waals surface area contributed by atoms with Crippen molar-refractivity contribution in [3.05, 3.63) is 39.7 Å². The Morgan fingerprint density at radius 2 is 1.97 bits per heavy atom. The van der Waals surface area contributed by atoms with Gasteiger partial charge in [0.1, 0.15) is 28.3 Å². The van der Waals surface area contributed by atoms with E-state index in [9.17, 15) is 24.6 Å². The standard InChI is InChI=1S/C23H27F2N3O6/c1-22(2,3)34-21(32)26-10-23(33)6-7-27(11-23)18-15(24)8-13-17(16(18)25)28(12-4-5-12)9-14(19(13)29)20(30)31/h8-9,12,33H,4-7,10-11H2,1-3H3,(H,26,32)(H,30,31). The first-order chi connectivity index (χ1) is 15.8. The molecule has 2 aliphatic rings. The Morgan fingerprint density at radius 3 is 2.56 bits per heavy atom. The fraction of sp³-hybridized carbons (Fsp3) is 0.522. The number of carboxylic acids is 1. The lowest BCUT2D eigenvalue weighted by Crippen LogP contribution is -2.46. The molecule has 9 nitrogen and oxygen atoms in total. The molecule has 2 aromatic rings. The van der Waals surface area contributed by atoms with Crippen molar-refractivity contribution in [3.63, 3.8) is 0 Å². The van der Waals surface area contributed by atoms with Gasteiger partial charge in [-0.05, 0) is 46.1 Å². The van der Waals surface area contributed by atoms with Crippen LogP contribution in [0.5, 0.6) is 0 Å². The summed E-state index contributed by atoms with van der Waals surface area (Å²) in [6.07, 6.45) is 1.89. The Morgan fingerprint density at radius 1 is 1.29 bits per heavy atom. The van der Waals surface area contributed by atoms with E-state index in [0.717, 1.165) is 12.3 Å². The highest BCUT2D eigenvalue weighted by atomic mass is 19.1. The molecule has 1 atom stereocenters. The highest BCUT2D eigenvalue weighted by Crippen LogP contribution is 2.40. The summed E-state index contributed by atoms with van der Waals surface area (Å²) in [7, 11) is 0.